The molecule has 106 valence electrons. The van der Waals surface area contributed by atoms with Crippen LogP contribution in [0.1, 0.15) is 66.2 Å². The first-order chi connectivity index (χ1) is 9.58. The summed E-state index contributed by atoms with van der Waals surface area (Å²) in [5.74, 6) is 1.44. The monoisotopic (exact) mass is 272 g/mol. The highest BCUT2D eigenvalue weighted by Gasteiger charge is 2.22. The van der Waals surface area contributed by atoms with Gasteiger partial charge in [-0.3, -0.25) is 14.4 Å². The number of fused-ring (bicyclic) bond motifs is 1. The molecule has 2 aliphatic rings. The summed E-state index contributed by atoms with van der Waals surface area (Å²) in [6, 6.07) is 7.01. The van der Waals surface area contributed by atoms with E-state index in [0.29, 0.717) is 29.8 Å². The molecule has 0 saturated heterocycles. The van der Waals surface area contributed by atoms with Crippen molar-refractivity contribution in [3.05, 3.63) is 35.4 Å². The van der Waals surface area contributed by atoms with Gasteiger partial charge in [-0.05, 0) is 18.8 Å². The Bertz CT molecular complexity index is 486. The Morgan fingerprint density at radius 2 is 1.25 bits per heavy atom. The first-order valence-corrected chi connectivity index (χ1v) is 7.25. The molecular weight excluding hydrogens is 252 g/mol. The van der Waals surface area contributed by atoms with Gasteiger partial charge in [-0.25, -0.2) is 0 Å². The number of carbonyl (C=O) groups excluding carboxylic acids is 3. The molecule has 3 rings (SSSR count). The summed E-state index contributed by atoms with van der Waals surface area (Å²) in [5, 5.41) is 0. The average molecular weight is 272 g/mol. The van der Waals surface area contributed by atoms with Crippen LogP contribution in [0.25, 0.3) is 0 Å². The van der Waals surface area contributed by atoms with Crippen LogP contribution >= 0.6 is 0 Å². The van der Waals surface area contributed by atoms with Gasteiger partial charge in [-0.2, -0.15) is 0 Å². The quantitative estimate of drug-likeness (QED) is 0.725. The van der Waals surface area contributed by atoms with Crippen LogP contribution in [0.2, 0.25) is 0 Å². The predicted octanol–water partition coefficient (Wildman–Crippen LogP) is 3.61. The van der Waals surface area contributed by atoms with Crippen LogP contribution in [0.3, 0.4) is 0 Å². The van der Waals surface area contributed by atoms with E-state index in [2.05, 4.69) is 6.92 Å². The maximum Gasteiger partial charge on any atom is 0.164 e. The number of rotatable bonds is 0. The normalized spacial score (nSPS) is 19.1. The van der Waals surface area contributed by atoms with Gasteiger partial charge in [0.15, 0.2) is 11.6 Å². The molecule has 0 unspecified atom stereocenters. The Labute approximate surface area is 119 Å². The van der Waals surface area contributed by atoms with Crippen molar-refractivity contribution in [2.75, 3.05) is 0 Å². The topological polar surface area (TPSA) is 51.2 Å². The second kappa shape index (κ2) is 6.60. The van der Waals surface area contributed by atoms with Crippen LogP contribution in [0.5, 0.6) is 0 Å². The maximum absolute atomic E-state index is 11.3. The van der Waals surface area contributed by atoms with E-state index in [1.165, 1.54) is 0 Å². The summed E-state index contributed by atoms with van der Waals surface area (Å²) in [5.41, 5.74) is 1.18. The van der Waals surface area contributed by atoms with Crippen LogP contribution < -0.4 is 0 Å². The van der Waals surface area contributed by atoms with Crippen molar-refractivity contribution in [1.29, 1.82) is 0 Å². The number of carbonyl (C=O) groups is 3. The van der Waals surface area contributed by atoms with Crippen LogP contribution in [0.15, 0.2) is 24.3 Å². The third-order valence-corrected chi connectivity index (χ3v) is 3.94. The standard InChI is InChI=1S/C10H8O2.C7H12O/c11-9-5-6-10(12)8-4-2-1-3-7(8)9;1-6-2-4-7(8)5-3-6/h1-4H,5-6H2;6H,2-5H2,1H3. The highest BCUT2D eigenvalue weighted by molar-refractivity contribution is 6.13. The van der Waals surface area contributed by atoms with Gasteiger partial charge in [-0.15, -0.1) is 0 Å². The molecule has 0 spiro atoms. The summed E-state index contributed by atoms with van der Waals surface area (Å²) in [6.07, 6.45) is 4.66. The molecular formula is C17H20O3. The van der Waals surface area contributed by atoms with Crippen LogP contribution in [-0.4, -0.2) is 17.3 Å². The summed E-state index contributed by atoms with van der Waals surface area (Å²) in [7, 11) is 0. The Morgan fingerprint density at radius 1 is 0.800 bits per heavy atom. The van der Waals surface area contributed by atoms with Crippen molar-refractivity contribution in [1.82, 2.24) is 0 Å². The smallest absolute Gasteiger partial charge is 0.164 e. The molecule has 0 radical (unpaired) electrons. The molecule has 0 bridgehead atoms. The zero-order valence-corrected chi connectivity index (χ0v) is 11.9. The van der Waals surface area contributed by atoms with Crippen molar-refractivity contribution >= 4 is 17.3 Å². The molecule has 1 fully saturated rings. The molecule has 3 nitrogen and oxygen atoms in total. The number of ketones is 3. The summed E-state index contributed by atoms with van der Waals surface area (Å²) >= 11 is 0. The van der Waals surface area contributed by atoms with Crippen molar-refractivity contribution < 1.29 is 14.4 Å². The van der Waals surface area contributed by atoms with Gasteiger partial charge in [0.1, 0.15) is 5.78 Å². The molecule has 1 aromatic rings. The van der Waals surface area contributed by atoms with Crippen molar-refractivity contribution in [3.8, 4) is 0 Å². The Morgan fingerprint density at radius 3 is 1.65 bits per heavy atom. The molecule has 0 atom stereocenters. The van der Waals surface area contributed by atoms with E-state index in [-0.39, 0.29) is 11.6 Å². The van der Waals surface area contributed by atoms with Gasteiger partial charge in [0.25, 0.3) is 0 Å². The highest BCUT2D eigenvalue weighted by atomic mass is 16.1. The fourth-order valence-corrected chi connectivity index (χ4v) is 2.55. The molecule has 0 N–H and O–H groups in total. The number of Topliss-reactive ketones (excluding diaryl/α,β-unsaturated/α-hetero) is 3. The molecule has 0 aliphatic heterocycles. The van der Waals surface area contributed by atoms with Gasteiger partial charge in [0.05, 0.1) is 0 Å². The lowest BCUT2D eigenvalue weighted by atomic mass is 9.90. The summed E-state index contributed by atoms with van der Waals surface area (Å²) in [6.45, 7) is 2.21. The Balaban J connectivity index is 0.000000160. The van der Waals surface area contributed by atoms with E-state index in [9.17, 15) is 14.4 Å². The van der Waals surface area contributed by atoms with E-state index < -0.39 is 0 Å². The zero-order valence-electron chi connectivity index (χ0n) is 11.9. The maximum atomic E-state index is 11.3. The van der Waals surface area contributed by atoms with E-state index in [0.717, 1.165) is 31.6 Å². The minimum atomic E-state index is 0.0881. The van der Waals surface area contributed by atoms with E-state index in [1.807, 2.05) is 0 Å². The highest BCUT2D eigenvalue weighted by Crippen LogP contribution is 2.20. The second-order valence-corrected chi connectivity index (χ2v) is 5.61. The van der Waals surface area contributed by atoms with Gasteiger partial charge in [0, 0.05) is 36.8 Å². The minimum Gasteiger partial charge on any atom is -0.300 e. The van der Waals surface area contributed by atoms with E-state index in [1.54, 1.807) is 24.3 Å². The van der Waals surface area contributed by atoms with Gasteiger partial charge >= 0.3 is 0 Å². The zero-order chi connectivity index (χ0) is 14.5. The van der Waals surface area contributed by atoms with Crippen LogP contribution in [0, 0.1) is 5.92 Å². The molecule has 3 heteroatoms. The van der Waals surface area contributed by atoms with Crippen molar-refractivity contribution in [2.45, 2.75) is 45.4 Å². The molecule has 20 heavy (non-hydrogen) atoms. The molecule has 2 aliphatic carbocycles. The van der Waals surface area contributed by atoms with Crippen LogP contribution in [-0.2, 0) is 4.79 Å². The lowest BCUT2D eigenvalue weighted by Crippen LogP contribution is -2.16. The summed E-state index contributed by atoms with van der Waals surface area (Å²) < 4.78 is 0. The first-order valence-electron chi connectivity index (χ1n) is 7.25. The lowest BCUT2D eigenvalue weighted by molar-refractivity contribution is -0.120. The Hall–Kier alpha value is -1.77. The summed E-state index contributed by atoms with van der Waals surface area (Å²) in [4.78, 5) is 33.2. The number of hydrogen-bond donors (Lipinski definition) is 0. The largest absolute Gasteiger partial charge is 0.300 e. The Kier molecular flexibility index (Phi) is 4.83. The van der Waals surface area contributed by atoms with Gasteiger partial charge in [-0.1, -0.05) is 31.2 Å². The number of benzene rings is 1. The predicted molar refractivity (Wildman–Crippen MR) is 77.0 cm³/mol. The number of hydrogen-bond acceptors (Lipinski definition) is 3. The van der Waals surface area contributed by atoms with Gasteiger partial charge in [0.2, 0.25) is 0 Å². The second-order valence-electron chi connectivity index (χ2n) is 5.61. The third-order valence-electron chi connectivity index (χ3n) is 3.94. The van der Waals surface area contributed by atoms with E-state index in [4.69, 9.17) is 0 Å². The average Bonchev–Trinajstić information content (AvgIpc) is 2.47. The molecule has 1 saturated carbocycles. The lowest BCUT2D eigenvalue weighted by Gasteiger charge is -2.14. The van der Waals surface area contributed by atoms with Crippen molar-refractivity contribution in [3.63, 3.8) is 0 Å². The molecule has 0 amide bonds. The van der Waals surface area contributed by atoms with Crippen molar-refractivity contribution in [2.24, 2.45) is 5.92 Å². The molecule has 0 heterocycles. The minimum absolute atomic E-state index is 0.0881. The molecule has 0 aromatic heterocycles. The first kappa shape index (κ1) is 14.6. The molecule has 1 aromatic carbocycles. The fraction of sp³-hybridized carbons (Fsp3) is 0.471. The SMILES string of the molecule is CC1CCC(=O)CC1.O=C1CCC(=O)c2ccccc21. The van der Waals surface area contributed by atoms with Gasteiger partial charge < -0.3 is 0 Å². The van der Waals surface area contributed by atoms with E-state index >= 15 is 0 Å². The fourth-order valence-electron chi connectivity index (χ4n) is 2.55. The third kappa shape index (κ3) is 3.62. The van der Waals surface area contributed by atoms with Crippen LogP contribution in [0.4, 0.5) is 0 Å².